The van der Waals surface area contributed by atoms with Crippen molar-refractivity contribution in [2.75, 3.05) is 16.3 Å². The lowest BCUT2D eigenvalue weighted by Gasteiger charge is -2.27. The molecule has 0 saturated heterocycles. The number of fused-ring (bicyclic) bond motifs is 1. The zero-order valence-corrected chi connectivity index (χ0v) is 10.6. The molecule has 2 rings (SSSR count). The monoisotopic (exact) mass is 247 g/mol. The number of hydrogen-bond acceptors (Lipinski definition) is 2. The second-order valence-electron chi connectivity index (χ2n) is 4.59. The van der Waals surface area contributed by atoms with Crippen LogP contribution in [0.1, 0.15) is 20.3 Å². The van der Waals surface area contributed by atoms with E-state index in [1.807, 2.05) is 38.1 Å². The van der Waals surface area contributed by atoms with E-state index in [1.165, 1.54) is 4.90 Å². The van der Waals surface area contributed by atoms with Gasteiger partial charge in [0.05, 0.1) is 11.4 Å². The van der Waals surface area contributed by atoms with Crippen LogP contribution in [0.4, 0.5) is 16.2 Å². The van der Waals surface area contributed by atoms with Crippen molar-refractivity contribution in [3.05, 3.63) is 24.3 Å². The van der Waals surface area contributed by atoms with Gasteiger partial charge in [0.1, 0.15) is 0 Å². The molecule has 2 N–H and O–H groups in total. The molecule has 5 heteroatoms. The lowest BCUT2D eigenvalue weighted by Crippen LogP contribution is -2.37. The third-order valence-corrected chi connectivity index (χ3v) is 3.03. The smallest absolute Gasteiger partial charge is 0.319 e. The Kier molecular flexibility index (Phi) is 3.23. The highest BCUT2D eigenvalue weighted by molar-refractivity contribution is 6.04. The fourth-order valence-electron chi connectivity index (χ4n) is 2.27. The molecule has 0 saturated carbocycles. The van der Waals surface area contributed by atoms with E-state index in [1.54, 1.807) is 4.90 Å². The SMILES string of the molecule is CC(C)N1C(=O)CCN(C(N)=O)c2ccccc21. The summed E-state index contributed by atoms with van der Waals surface area (Å²) in [7, 11) is 0. The van der Waals surface area contributed by atoms with Crippen LogP contribution in [0.15, 0.2) is 24.3 Å². The number of rotatable bonds is 1. The zero-order chi connectivity index (χ0) is 13.3. The second-order valence-corrected chi connectivity index (χ2v) is 4.59. The quantitative estimate of drug-likeness (QED) is 0.821. The summed E-state index contributed by atoms with van der Waals surface area (Å²) in [5.41, 5.74) is 6.82. The van der Waals surface area contributed by atoms with Gasteiger partial charge in [0.2, 0.25) is 5.91 Å². The van der Waals surface area contributed by atoms with Gasteiger partial charge in [0, 0.05) is 19.0 Å². The van der Waals surface area contributed by atoms with Gasteiger partial charge in [0.25, 0.3) is 0 Å². The average molecular weight is 247 g/mol. The van der Waals surface area contributed by atoms with Gasteiger partial charge in [-0.05, 0) is 26.0 Å². The molecule has 0 spiro atoms. The zero-order valence-electron chi connectivity index (χ0n) is 10.6. The standard InChI is InChI=1S/C13H17N3O2/c1-9(2)16-11-6-4-3-5-10(11)15(13(14)18)8-7-12(16)17/h3-6,9H,7-8H2,1-2H3,(H2,14,18). The predicted molar refractivity (Wildman–Crippen MR) is 70.6 cm³/mol. The van der Waals surface area contributed by atoms with Crippen molar-refractivity contribution in [1.29, 1.82) is 0 Å². The summed E-state index contributed by atoms with van der Waals surface area (Å²) >= 11 is 0. The Balaban J connectivity index is 2.56. The number of primary amides is 1. The summed E-state index contributed by atoms with van der Waals surface area (Å²) in [6.07, 6.45) is 0.287. The number of amides is 3. The van der Waals surface area contributed by atoms with Crippen molar-refractivity contribution in [2.45, 2.75) is 26.3 Å². The molecule has 1 aliphatic rings. The molecular weight excluding hydrogens is 230 g/mol. The number of benzene rings is 1. The topological polar surface area (TPSA) is 66.6 Å². The summed E-state index contributed by atoms with van der Waals surface area (Å²) in [6.45, 7) is 4.23. The largest absolute Gasteiger partial charge is 0.351 e. The molecule has 18 heavy (non-hydrogen) atoms. The molecule has 1 aliphatic heterocycles. The van der Waals surface area contributed by atoms with Crippen molar-refractivity contribution >= 4 is 23.3 Å². The van der Waals surface area contributed by atoms with Gasteiger partial charge in [-0.1, -0.05) is 12.1 Å². The normalized spacial score (nSPS) is 15.6. The molecule has 3 amide bonds. The fraction of sp³-hybridized carbons (Fsp3) is 0.385. The maximum atomic E-state index is 12.1. The van der Waals surface area contributed by atoms with E-state index in [2.05, 4.69) is 0 Å². The van der Waals surface area contributed by atoms with Gasteiger partial charge in [0.15, 0.2) is 0 Å². The van der Waals surface area contributed by atoms with Gasteiger partial charge in [-0.25, -0.2) is 4.79 Å². The van der Waals surface area contributed by atoms with Gasteiger partial charge >= 0.3 is 6.03 Å². The lowest BCUT2D eigenvalue weighted by molar-refractivity contribution is -0.118. The summed E-state index contributed by atoms with van der Waals surface area (Å²) in [5, 5.41) is 0. The molecule has 0 aromatic heterocycles. The first-order valence-electron chi connectivity index (χ1n) is 6.00. The van der Waals surface area contributed by atoms with Crippen molar-refractivity contribution in [2.24, 2.45) is 5.73 Å². The van der Waals surface area contributed by atoms with Gasteiger partial charge in [-0.15, -0.1) is 0 Å². The predicted octanol–water partition coefficient (Wildman–Crippen LogP) is 1.72. The molecule has 0 aliphatic carbocycles. The van der Waals surface area contributed by atoms with Crippen molar-refractivity contribution < 1.29 is 9.59 Å². The first kappa shape index (κ1) is 12.4. The molecular formula is C13H17N3O2. The first-order chi connectivity index (χ1) is 8.52. The third kappa shape index (κ3) is 2.03. The number of carbonyl (C=O) groups is 2. The minimum absolute atomic E-state index is 0.0150. The van der Waals surface area contributed by atoms with E-state index in [-0.39, 0.29) is 18.4 Å². The van der Waals surface area contributed by atoms with E-state index >= 15 is 0 Å². The lowest BCUT2D eigenvalue weighted by atomic mass is 10.2. The molecule has 1 aromatic rings. The molecule has 0 radical (unpaired) electrons. The molecule has 0 bridgehead atoms. The average Bonchev–Trinajstić information content (AvgIpc) is 2.44. The Hall–Kier alpha value is -2.04. The van der Waals surface area contributed by atoms with Crippen molar-refractivity contribution in [1.82, 2.24) is 0 Å². The Labute approximate surface area is 106 Å². The summed E-state index contributed by atoms with van der Waals surface area (Å²) in [5.74, 6) is 0.0150. The first-order valence-corrected chi connectivity index (χ1v) is 6.00. The van der Waals surface area contributed by atoms with Crippen LogP contribution in [0.2, 0.25) is 0 Å². The number of nitrogens with zero attached hydrogens (tertiary/aromatic N) is 2. The summed E-state index contributed by atoms with van der Waals surface area (Å²) in [4.78, 5) is 26.8. The van der Waals surface area contributed by atoms with Crippen molar-refractivity contribution in [3.63, 3.8) is 0 Å². The van der Waals surface area contributed by atoms with E-state index in [4.69, 9.17) is 5.73 Å². The molecule has 0 fully saturated rings. The number of carbonyl (C=O) groups excluding carboxylic acids is 2. The summed E-state index contributed by atoms with van der Waals surface area (Å²) < 4.78 is 0. The van der Waals surface area contributed by atoms with Crippen LogP contribution in [-0.2, 0) is 4.79 Å². The van der Waals surface area contributed by atoms with Crippen molar-refractivity contribution in [3.8, 4) is 0 Å². The van der Waals surface area contributed by atoms with Crippen LogP contribution < -0.4 is 15.5 Å². The number of nitrogens with two attached hydrogens (primary N) is 1. The summed E-state index contributed by atoms with van der Waals surface area (Å²) in [6, 6.07) is 6.87. The van der Waals surface area contributed by atoms with Crippen LogP contribution >= 0.6 is 0 Å². The maximum absolute atomic E-state index is 12.1. The van der Waals surface area contributed by atoms with Gasteiger partial charge < -0.3 is 10.6 Å². The van der Waals surface area contributed by atoms with Gasteiger partial charge in [-0.3, -0.25) is 9.69 Å². The third-order valence-electron chi connectivity index (χ3n) is 3.03. The van der Waals surface area contributed by atoms with E-state index < -0.39 is 6.03 Å². The molecule has 1 aromatic carbocycles. The maximum Gasteiger partial charge on any atom is 0.319 e. The number of urea groups is 1. The highest BCUT2D eigenvalue weighted by Crippen LogP contribution is 2.33. The van der Waals surface area contributed by atoms with Crippen LogP contribution in [-0.4, -0.2) is 24.5 Å². The van der Waals surface area contributed by atoms with E-state index in [0.29, 0.717) is 12.2 Å². The van der Waals surface area contributed by atoms with Crippen LogP contribution in [0.25, 0.3) is 0 Å². The highest BCUT2D eigenvalue weighted by atomic mass is 16.2. The van der Waals surface area contributed by atoms with Crippen LogP contribution in [0.5, 0.6) is 0 Å². The Morgan fingerprint density at radius 2 is 1.89 bits per heavy atom. The Morgan fingerprint density at radius 1 is 1.28 bits per heavy atom. The molecule has 96 valence electrons. The van der Waals surface area contributed by atoms with Gasteiger partial charge in [-0.2, -0.15) is 0 Å². The number of hydrogen-bond donors (Lipinski definition) is 1. The minimum atomic E-state index is -0.527. The minimum Gasteiger partial charge on any atom is -0.351 e. The van der Waals surface area contributed by atoms with Crippen LogP contribution in [0.3, 0.4) is 0 Å². The molecule has 1 heterocycles. The van der Waals surface area contributed by atoms with E-state index in [9.17, 15) is 9.59 Å². The number of para-hydroxylation sites is 2. The fourth-order valence-corrected chi connectivity index (χ4v) is 2.27. The Bertz CT molecular complexity index is 485. The number of anilines is 2. The highest BCUT2D eigenvalue weighted by Gasteiger charge is 2.29. The second kappa shape index (κ2) is 4.68. The van der Waals surface area contributed by atoms with Crippen LogP contribution in [0, 0.1) is 0 Å². The van der Waals surface area contributed by atoms with E-state index in [0.717, 1.165) is 5.69 Å². The molecule has 5 nitrogen and oxygen atoms in total. The molecule has 0 atom stereocenters. The Morgan fingerprint density at radius 3 is 2.44 bits per heavy atom. The molecule has 0 unspecified atom stereocenters.